The van der Waals surface area contributed by atoms with Gasteiger partial charge in [0.05, 0.1) is 25.6 Å². The van der Waals surface area contributed by atoms with Crippen LogP contribution in [0.4, 0.5) is 5.69 Å². The van der Waals surface area contributed by atoms with Crippen LogP contribution in [0.2, 0.25) is 0 Å². The molecule has 0 aliphatic carbocycles. The highest BCUT2D eigenvalue weighted by Crippen LogP contribution is 2.35. The fourth-order valence-electron chi connectivity index (χ4n) is 3.75. The molecule has 1 amide bonds. The van der Waals surface area contributed by atoms with E-state index in [0.717, 1.165) is 30.8 Å². The molecule has 1 aromatic carbocycles. The third kappa shape index (κ3) is 4.24. The van der Waals surface area contributed by atoms with E-state index in [4.69, 9.17) is 14.0 Å². The van der Waals surface area contributed by atoms with Crippen molar-refractivity contribution in [2.45, 2.75) is 39.2 Å². The number of amides is 1. The van der Waals surface area contributed by atoms with Crippen molar-refractivity contribution in [2.24, 2.45) is 0 Å². The fraction of sp³-hybridized carbons (Fsp3) is 0.500. The number of nitrogens with zero attached hydrogens (tertiary/aromatic N) is 2. The predicted molar refractivity (Wildman–Crippen MR) is 102 cm³/mol. The van der Waals surface area contributed by atoms with Crippen molar-refractivity contribution in [3.8, 4) is 11.5 Å². The maximum atomic E-state index is 12.5. The monoisotopic (exact) mass is 373 g/mol. The van der Waals surface area contributed by atoms with Crippen LogP contribution < -0.4 is 14.8 Å². The normalized spacial score (nSPS) is 17.1. The lowest BCUT2D eigenvalue weighted by molar-refractivity contribution is -0.116. The van der Waals surface area contributed by atoms with Crippen LogP contribution in [0.15, 0.2) is 22.7 Å². The summed E-state index contributed by atoms with van der Waals surface area (Å²) in [6.07, 6.45) is 2.59. The summed E-state index contributed by atoms with van der Waals surface area (Å²) >= 11 is 0. The number of carbonyl (C=O) groups excluding carboxylic acids is 1. The molecule has 1 aliphatic heterocycles. The van der Waals surface area contributed by atoms with Gasteiger partial charge in [0.2, 0.25) is 5.91 Å². The number of rotatable bonds is 7. The first-order valence-electron chi connectivity index (χ1n) is 9.22. The number of carbonyl (C=O) groups is 1. The van der Waals surface area contributed by atoms with E-state index < -0.39 is 0 Å². The highest BCUT2D eigenvalue weighted by atomic mass is 16.5. The van der Waals surface area contributed by atoms with E-state index >= 15 is 0 Å². The van der Waals surface area contributed by atoms with E-state index in [1.54, 1.807) is 32.4 Å². The molecule has 27 heavy (non-hydrogen) atoms. The van der Waals surface area contributed by atoms with Crippen molar-refractivity contribution >= 4 is 11.6 Å². The third-order valence-corrected chi connectivity index (χ3v) is 5.09. The van der Waals surface area contributed by atoms with E-state index in [-0.39, 0.29) is 11.9 Å². The Hall–Kier alpha value is -2.54. The zero-order chi connectivity index (χ0) is 19.4. The number of methoxy groups -OCH3 is 2. The summed E-state index contributed by atoms with van der Waals surface area (Å²) in [5.74, 6) is 2.10. The fourth-order valence-corrected chi connectivity index (χ4v) is 3.75. The van der Waals surface area contributed by atoms with Crippen LogP contribution in [0.5, 0.6) is 11.5 Å². The van der Waals surface area contributed by atoms with Crippen molar-refractivity contribution in [3.05, 3.63) is 35.2 Å². The van der Waals surface area contributed by atoms with Crippen molar-refractivity contribution in [1.29, 1.82) is 0 Å². The second kappa shape index (κ2) is 8.43. The Bertz CT molecular complexity index is 783. The van der Waals surface area contributed by atoms with Crippen LogP contribution in [0.25, 0.3) is 0 Å². The van der Waals surface area contributed by atoms with Gasteiger partial charge in [0.1, 0.15) is 17.3 Å². The Labute approximate surface area is 159 Å². The molecule has 146 valence electrons. The molecule has 0 spiro atoms. The lowest BCUT2D eigenvalue weighted by Crippen LogP contribution is -2.28. The first-order valence-corrected chi connectivity index (χ1v) is 9.22. The topological polar surface area (TPSA) is 76.8 Å². The summed E-state index contributed by atoms with van der Waals surface area (Å²) < 4.78 is 15.8. The van der Waals surface area contributed by atoms with Gasteiger partial charge in [-0.1, -0.05) is 5.16 Å². The van der Waals surface area contributed by atoms with Gasteiger partial charge in [0, 0.05) is 30.6 Å². The zero-order valence-electron chi connectivity index (χ0n) is 16.4. The Morgan fingerprint density at radius 3 is 2.81 bits per heavy atom. The number of nitrogens with one attached hydrogen (secondary N) is 1. The van der Waals surface area contributed by atoms with E-state index in [0.29, 0.717) is 30.2 Å². The average Bonchev–Trinajstić information content (AvgIpc) is 3.25. The molecule has 7 nitrogen and oxygen atoms in total. The van der Waals surface area contributed by atoms with Gasteiger partial charge in [-0.2, -0.15) is 0 Å². The van der Waals surface area contributed by atoms with Gasteiger partial charge in [-0.15, -0.1) is 0 Å². The number of hydrogen-bond acceptors (Lipinski definition) is 6. The zero-order valence-corrected chi connectivity index (χ0v) is 16.4. The molecule has 1 unspecified atom stereocenters. The number of anilines is 1. The van der Waals surface area contributed by atoms with Crippen LogP contribution in [0.1, 0.15) is 42.3 Å². The van der Waals surface area contributed by atoms with Gasteiger partial charge in [0.15, 0.2) is 0 Å². The minimum absolute atomic E-state index is 0.0390. The Morgan fingerprint density at radius 2 is 2.15 bits per heavy atom. The molecule has 2 heterocycles. The molecule has 1 aliphatic rings. The van der Waals surface area contributed by atoms with Crippen LogP contribution >= 0.6 is 0 Å². The van der Waals surface area contributed by atoms with Crippen LogP contribution in [0.3, 0.4) is 0 Å². The SMILES string of the molecule is COc1ccc(NC(=O)CCN2CCCC2c2c(C)noc2C)c(OC)c1. The highest BCUT2D eigenvalue weighted by Gasteiger charge is 2.30. The second-order valence-electron chi connectivity index (χ2n) is 6.80. The maximum Gasteiger partial charge on any atom is 0.225 e. The number of aryl methyl sites for hydroxylation is 2. The molecule has 0 radical (unpaired) electrons. The minimum atomic E-state index is -0.0390. The second-order valence-corrected chi connectivity index (χ2v) is 6.80. The molecule has 1 aromatic heterocycles. The van der Waals surface area contributed by atoms with Crippen molar-refractivity contribution < 1.29 is 18.8 Å². The molecule has 0 saturated carbocycles. The quantitative estimate of drug-likeness (QED) is 0.801. The Balaban J connectivity index is 1.61. The summed E-state index contributed by atoms with van der Waals surface area (Å²) in [5, 5.41) is 7.01. The van der Waals surface area contributed by atoms with E-state index in [9.17, 15) is 4.79 Å². The summed E-state index contributed by atoms with van der Waals surface area (Å²) in [4.78, 5) is 14.8. The Morgan fingerprint density at radius 1 is 1.33 bits per heavy atom. The minimum Gasteiger partial charge on any atom is -0.497 e. The Kier molecular flexibility index (Phi) is 6.01. The van der Waals surface area contributed by atoms with Crippen LogP contribution in [-0.2, 0) is 4.79 Å². The van der Waals surface area contributed by atoms with Crippen molar-refractivity contribution in [3.63, 3.8) is 0 Å². The van der Waals surface area contributed by atoms with E-state index in [1.165, 1.54) is 5.56 Å². The lowest BCUT2D eigenvalue weighted by Gasteiger charge is -2.24. The van der Waals surface area contributed by atoms with Crippen molar-refractivity contribution in [2.75, 3.05) is 32.6 Å². The summed E-state index contributed by atoms with van der Waals surface area (Å²) in [6.45, 7) is 5.60. The van der Waals surface area contributed by atoms with Gasteiger partial charge < -0.3 is 19.3 Å². The number of hydrogen-bond donors (Lipinski definition) is 1. The predicted octanol–water partition coefficient (Wildman–Crippen LogP) is 3.47. The molecule has 1 fully saturated rings. The molecule has 1 N–H and O–H groups in total. The summed E-state index contributed by atoms with van der Waals surface area (Å²) in [6, 6.07) is 5.62. The molecule has 0 bridgehead atoms. The van der Waals surface area contributed by atoms with Crippen LogP contribution in [-0.4, -0.2) is 43.3 Å². The van der Waals surface area contributed by atoms with Gasteiger partial charge >= 0.3 is 0 Å². The van der Waals surface area contributed by atoms with E-state index in [1.807, 2.05) is 13.8 Å². The molecular formula is C20H27N3O4. The number of aromatic nitrogens is 1. The first-order chi connectivity index (χ1) is 13.0. The molecule has 3 rings (SSSR count). The average molecular weight is 373 g/mol. The third-order valence-electron chi connectivity index (χ3n) is 5.09. The standard InChI is InChI=1S/C20H27N3O4/c1-13-20(14(2)27-22-13)17-6-5-10-23(17)11-9-19(24)21-16-8-7-15(25-3)12-18(16)26-4/h7-8,12,17H,5-6,9-11H2,1-4H3,(H,21,24). The summed E-state index contributed by atoms with van der Waals surface area (Å²) in [7, 11) is 3.17. The molecular weight excluding hydrogens is 346 g/mol. The van der Waals surface area contributed by atoms with E-state index in [2.05, 4.69) is 15.4 Å². The smallest absolute Gasteiger partial charge is 0.225 e. The number of ether oxygens (including phenoxy) is 2. The summed E-state index contributed by atoms with van der Waals surface area (Å²) in [5.41, 5.74) is 2.76. The van der Waals surface area contributed by atoms with Gasteiger partial charge in [-0.25, -0.2) is 0 Å². The lowest BCUT2D eigenvalue weighted by atomic mass is 10.0. The highest BCUT2D eigenvalue weighted by molar-refractivity contribution is 5.92. The molecule has 7 heteroatoms. The molecule has 1 saturated heterocycles. The van der Waals surface area contributed by atoms with Crippen LogP contribution in [0, 0.1) is 13.8 Å². The maximum absolute atomic E-state index is 12.5. The van der Waals surface area contributed by atoms with Gasteiger partial charge in [-0.05, 0) is 45.4 Å². The van der Waals surface area contributed by atoms with Crippen molar-refractivity contribution in [1.82, 2.24) is 10.1 Å². The number of likely N-dealkylation sites (tertiary alicyclic amines) is 1. The number of benzene rings is 1. The largest absolute Gasteiger partial charge is 0.497 e. The molecule has 2 aromatic rings. The van der Waals surface area contributed by atoms with Gasteiger partial charge in [-0.3, -0.25) is 9.69 Å². The first kappa shape index (κ1) is 19.2. The van der Waals surface area contributed by atoms with Gasteiger partial charge in [0.25, 0.3) is 0 Å². The molecule has 1 atom stereocenters.